The maximum absolute atomic E-state index is 13.8. The summed E-state index contributed by atoms with van der Waals surface area (Å²) in [6.45, 7) is 0. The first-order chi connectivity index (χ1) is 11.4. The van der Waals surface area contributed by atoms with E-state index in [9.17, 15) is 17.2 Å². The Morgan fingerprint density at radius 1 is 1.25 bits per heavy atom. The molecule has 122 valence electrons. The molecule has 6 nitrogen and oxygen atoms in total. The topological polar surface area (TPSA) is 98.6 Å². The summed E-state index contributed by atoms with van der Waals surface area (Å²) < 4.78 is 54.0. The smallest absolute Gasteiger partial charge is 0.263 e. The number of nitrogens with one attached hydrogen (secondary N) is 2. The first-order valence-electron chi connectivity index (χ1n) is 6.39. The number of H-pyrrole nitrogens is 1. The molecule has 2 N–H and O–H groups in total. The second kappa shape index (κ2) is 6.03. The van der Waals surface area contributed by atoms with Crippen LogP contribution in [0.4, 0.5) is 14.5 Å². The molecule has 0 fully saturated rings. The van der Waals surface area contributed by atoms with Crippen LogP contribution in [-0.2, 0) is 10.0 Å². The minimum Gasteiger partial charge on any atom is -0.359 e. The standard InChI is InChI=1S/C14H8F2N4O2S2/c15-10-3-12(11(16)1-8(10)4-17)20-24(21,22)9-2-13(18-5-9)14-6-23-7-19-14/h1-3,5-7,18,20H. The molecule has 0 saturated carbocycles. The zero-order chi connectivity index (χ0) is 17.3. The van der Waals surface area contributed by atoms with E-state index in [0.29, 0.717) is 23.5 Å². The molecule has 3 aromatic rings. The molecule has 24 heavy (non-hydrogen) atoms. The van der Waals surface area contributed by atoms with Crippen molar-refractivity contribution in [2.75, 3.05) is 4.72 Å². The minimum atomic E-state index is -4.14. The van der Waals surface area contributed by atoms with Crippen molar-refractivity contribution in [3.63, 3.8) is 0 Å². The summed E-state index contributed by atoms with van der Waals surface area (Å²) in [7, 11) is -4.14. The number of hydrogen-bond donors (Lipinski definition) is 2. The third-order valence-electron chi connectivity index (χ3n) is 3.10. The molecule has 0 radical (unpaired) electrons. The number of hydrogen-bond acceptors (Lipinski definition) is 5. The van der Waals surface area contributed by atoms with Crippen LogP contribution in [-0.4, -0.2) is 18.4 Å². The highest BCUT2D eigenvalue weighted by Crippen LogP contribution is 2.25. The number of benzene rings is 1. The number of sulfonamides is 1. The van der Waals surface area contributed by atoms with Crippen molar-refractivity contribution in [1.29, 1.82) is 5.26 Å². The van der Waals surface area contributed by atoms with Gasteiger partial charge in [0.25, 0.3) is 10.0 Å². The molecule has 0 unspecified atom stereocenters. The van der Waals surface area contributed by atoms with Gasteiger partial charge in [-0.3, -0.25) is 4.72 Å². The normalized spacial score (nSPS) is 11.2. The largest absolute Gasteiger partial charge is 0.359 e. The summed E-state index contributed by atoms with van der Waals surface area (Å²) in [4.78, 5) is 6.64. The molecule has 0 aliphatic heterocycles. The summed E-state index contributed by atoms with van der Waals surface area (Å²) >= 11 is 1.35. The number of thiazole rings is 1. The molecule has 2 heterocycles. The number of aromatic nitrogens is 2. The van der Waals surface area contributed by atoms with Gasteiger partial charge in [0.05, 0.1) is 28.1 Å². The van der Waals surface area contributed by atoms with Gasteiger partial charge in [-0.2, -0.15) is 5.26 Å². The van der Waals surface area contributed by atoms with Gasteiger partial charge >= 0.3 is 0 Å². The fourth-order valence-corrected chi connectivity index (χ4v) is 3.54. The fraction of sp³-hybridized carbons (Fsp3) is 0. The van der Waals surface area contributed by atoms with E-state index in [-0.39, 0.29) is 4.90 Å². The van der Waals surface area contributed by atoms with Gasteiger partial charge in [-0.25, -0.2) is 22.2 Å². The number of rotatable bonds is 4. The van der Waals surface area contributed by atoms with Gasteiger partial charge in [-0.05, 0) is 12.1 Å². The van der Waals surface area contributed by atoms with E-state index in [4.69, 9.17) is 5.26 Å². The van der Waals surface area contributed by atoms with Crippen molar-refractivity contribution < 1.29 is 17.2 Å². The first-order valence-corrected chi connectivity index (χ1v) is 8.82. The van der Waals surface area contributed by atoms with Crippen molar-refractivity contribution in [1.82, 2.24) is 9.97 Å². The summed E-state index contributed by atoms with van der Waals surface area (Å²) in [5.41, 5.74) is 1.54. The summed E-state index contributed by atoms with van der Waals surface area (Å²) in [6, 6.07) is 4.06. The summed E-state index contributed by atoms with van der Waals surface area (Å²) in [5, 5.41) is 10.4. The molecule has 3 rings (SSSR count). The number of nitriles is 1. The van der Waals surface area contributed by atoms with Gasteiger partial charge in [0.15, 0.2) is 0 Å². The number of halogens is 2. The van der Waals surface area contributed by atoms with Crippen LogP contribution in [0.3, 0.4) is 0 Å². The summed E-state index contributed by atoms with van der Waals surface area (Å²) in [5.74, 6) is -2.07. The van der Waals surface area contributed by atoms with E-state index in [0.717, 1.165) is 0 Å². The molecule has 0 amide bonds. The lowest BCUT2D eigenvalue weighted by atomic mass is 10.2. The van der Waals surface area contributed by atoms with Gasteiger partial charge in [0.1, 0.15) is 22.6 Å². The molecule has 0 aliphatic carbocycles. The molecule has 10 heteroatoms. The van der Waals surface area contributed by atoms with Crippen molar-refractivity contribution >= 4 is 27.0 Å². The van der Waals surface area contributed by atoms with E-state index >= 15 is 0 Å². The molecule has 2 aromatic heterocycles. The predicted molar refractivity (Wildman–Crippen MR) is 83.8 cm³/mol. The maximum Gasteiger partial charge on any atom is 0.263 e. The van der Waals surface area contributed by atoms with E-state index in [1.54, 1.807) is 10.9 Å². The quantitative estimate of drug-likeness (QED) is 0.741. The van der Waals surface area contributed by atoms with E-state index < -0.39 is 32.9 Å². The van der Waals surface area contributed by atoms with Gasteiger partial charge < -0.3 is 4.98 Å². The lowest BCUT2D eigenvalue weighted by molar-refractivity contribution is 0.593. The molecule has 0 spiro atoms. The van der Waals surface area contributed by atoms with E-state index in [2.05, 4.69) is 9.97 Å². The first kappa shape index (κ1) is 16.1. The van der Waals surface area contributed by atoms with Crippen LogP contribution in [0.2, 0.25) is 0 Å². The van der Waals surface area contributed by atoms with Crippen molar-refractivity contribution in [3.8, 4) is 17.5 Å². The zero-order valence-electron chi connectivity index (χ0n) is 11.7. The highest BCUT2D eigenvalue weighted by atomic mass is 32.2. The second-order valence-electron chi connectivity index (χ2n) is 4.65. The Morgan fingerprint density at radius 3 is 2.71 bits per heavy atom. The fourth-order valence-electron chi connectivity index (χ4n) is 1.94. The van der Waals surface area contributed by atoms with E-state index in [1.165, 1.54) is 29.7 Å². The molecular formula is C14H8F2N4O2S2. The van der Waals surface area contributed by atoms with Gasteiger partial charge in [0, 0.05) is 17.6 Å². The second-order valence-corrected chi connectivity index (χ2v) is 7.05. The van der Waals surface area contributed by atoms with Crippen LogP contribution in [0.25, 0.3) is 11.4 Å². The molecule has 0 saturated heterocycles. The van der Waals surface area contributed by atoms with Gasteiger partial charge in [0.2, 0.25) is 0 Å². The van der Waals surface area contributed by atoms with Crippen molar-refractivity contribution in [3.05, 3.63) is 52.5 Å². The average molecular weight is 366 g/mol. The van der Waals surface area contributed by atoms with Crippen molar-refractivity contribution in [2.24, 2.45) is 0 Å². The monoisotopic (exact) mass is 366 g/mol. The third kappa shape index (κ3) is 2.99. The van der Waals surface area contributed by atoms with Gasteiger partial charge in [-0.15, -0.1) is 11.3 Å². The van der Waals surface area contributed by atoms with Crippen LogP contribution in [0.5, 0.6) is 0 Å². The highest BCUT2D eigenvalue weighted by molar-refractivity contribution is 7.92. The lowest BCUT2D eigenvalue weighted by Crippen LogP contribution is -2.13. The summed E-state index contributed by atoms with van der Waals surface area (Å²) in [6.07, 6.45) is 1.22. The number of anilines is 1. The highest BCUT2D eigenvalue weighted by Gasteiger charge is 2.20. The number of nitrogens with zero attached hydrogens (tertiary/aromatic N) is 2. The van der Waals surface area contributed by atoms with Crippen LogP contribution in [0.15, 0.2) is 40.2 Å². The van der Waals surface area contributed by atoms with Crippen LogP contribution in [0, 0.1) is 23.0 Å². The van der Waals surface area contributed by atoms with Gasteiger partial charge in [-0.1, -0.05) is 0 Å². The predicted octanol–water partition coefficient (Wildman–Crippen LogP) is 3.09. The van der Waals surface area contributed by atoms with Crippen molar-refractivity contribution in [2.45, 2.75) is 4.90 Å². The Hall–Kier alpha value is -2.77. The molecule has 1 aromatic carbocycles. The lowest BCUT2D eigenvalue weighted by Gasteiger charge is -2.08. The Bertz CT molecular complexity index is 1040. The van der Waals surface area contributed by atoms with Crippen LogP contribution >= 0.6 is 11.3 Å². The molecule has 0 aliphatic rings. The molecular weight excluding hydrogens is 358 g/mol. The number of aromatic amines is 1. The van der Waals surface area contributed by atoms with E-state index in [1.807, 2.05) is 4.72 Å². The molecule has 0 atom stereocenters. The Labute approximate surface area is 139 Å². The SMILES string of the molecule is N#Cc1cc(F)c(NS(=O)(=O)c2c[nH]c(-c3cscn3)c2)cc1F. The third-order valence-corrected chi connectivity index (χ3v) is 5.03. The average Bonchev–Trinajstić information content (AvgIpc) is 3.20. The maximum atomic E-state index is 13.8. The minimum absolute atomic E-state index is 0.158. The molecule has 0 bridgehead atoms. The van der Waals surface area contributed by atoms with Crippen LogP contribution in [0.1, 0.15) is 5.56 Å². The Morgan fingerprint density at radius 2 is 2.04 bits per heavy atom. The Balaban J connectivity index is 1.93. The Kier molecular flexibility index (Phi) is 4.04. The zero-order valence-corrected chi connectivity index (χ0v) is 13.4. The van der Waals surface area contributed by atoms with Crippen LogP contribution < -0.4 is 4.72 Å².